The van der Waals surface area contributed by atoms with Crippen LogP contribution in [-0.4, -0.2) is 36.4 Å². The molecule has 8 heteroatoms. The van der Waals surface area contributed by atoms with E-state index in [1.165, 1.54) is 5.56 Å². The molecule has 0 bridgehead atoms. The Balaban J connectivity index is 1.41. The number of ether oxygens (including phenoxy) is 1. The van der Waals surface area contributed by atoms with Crippen LogP contribution in [0.5, 0.6) is 5.88 Å². The van der Waals surface area contributed by atoms with Gasteiger partial charge in [-0.25, -0.2) is 19.6 Å². The fourth-order valence-electron chi connectivity index (χ4n) is 4.08. The maximum atomic E-state index is 6.21. The van der Waals surface area contributed by atoms with Crippen LogP contribution >= 0.6 is 11.6 Å². The summed E-state index contributed by atoms with van der Waals surface area (Å²) < 4.78 is 9.41. The molecule has 32 heavy (non-hydrogen) atoms. The van der Waals surface area contributed by atoms with E-state index in [4.69, 9.17) is 21.3 Å². The quantitative estimate of drug-likeness (QED) is 0.435. The van der Waals surface area contributed by atoms with Gasteiger partial charge in [-0.2, -0.15) is 5.10 Å². The second kappa shape index (κ2) is 8.59. The predicted molar refractivity (Wildman–Crippen MR) is 124 cm³/mol. The minimum Gasteiger partial charge on any atom is -0.479 e. The number of hydrogen-bond acceptors (Lipinski definition) is 5. The summed E-state index contributed by atoms with van der Waals surface area (Å²) >= 11 is 6.21. The van der Waals surface area contributed by atoms with Crippen LogP contribution in [0.25, 0.3) is 17.8 Å². The molecule has 3 aromatic heterocycles. The van der Waals surface area contributed by atoms with E-state index in [2.05, 4.69) is 21.1 Å². The van der Waals surface area contributed by atoms with E-state index in [-0.39, 0.29) is 5.92 Å². The van der Waals surface area contributed by atoms with Crippen LogP contribution in [-0.2, 0) is 6.54 Å². The largest absolute Gasteiger partial charge is 0.479 e. The number of imidazole rings is 1. The molecule has 0 radical (unpaired) electrons. The third-order valence-corrected chi connectivity index (χ3v) is 5.83. The molecule has 1 aliphatic heterocycles. The van der Waals surface area contributed by atoms with Gasteiger partial charge in [0.05, 0.1) is 24.8 Å². The number of aromatic nitrogens is 6. The normalized spacial score (nSPS) is 15.8. The second-order valence-electron chi connectivity index (χ2n) is 7.82. The van der Waals surface area contributed by atoms with Gasteiger partial charge in [-0.05, 0) is 61.7 Å². The number of fused-ring (bicyclic) bond motifs is 1. The van der Waals surface area contributed by atoms with Gasteiger partial charge in [-0.15, -0.1) is 0 Å². The lowest BCUT2D eigenvalue weighted by Gasteiger charge is -2.22. The van der Waals surface area contributed by atoms with Crippen molar-refractivity contribution in [3.63, 3.8) is 0 Å². The van der Waals surface area contributed by atoms with Crippen LogP contribution in [0.4, 0.5) is 0 Å². The van der Waals surface area contributed by atoms with Gasteiger partial charge in [-0.1, -0.05) is 23.7 Å². The molecule has 1 aromatic carbocycles. The molecular weight excluding hydrogens is 424 g/mol. The molecule has 0 amide bonds. The number of benzene rings is 1. The molecule has 0 N–H and O–H groups in total. The summed E-state index contributed by atoms with van der Waals surface area (Å²) in [5, 5.41) is 5.43. The molecule has 0 saturated carbocycles. The van der Waals surface area contributed by atoms with Crippen LogP contribution < -0.4 is 4.74 Å². The molecule has 1 aliphatic rings. The van der Waals surface area contributed by atoms with Crippen LogP contribution in [0.1, 0.15) is 47.4 Å². The van der Waals surface area contributed by atoms with Crippen molar-refractivity contribution in [1.29, 1.82) is 0 Å². The number of methoxy groups -OCH3 is 1. The fraction of sp³-hybridized carbons (Fsp3) is 0.250. The van der Waals surface area contributed by atoms with Gasteiger partial charge >= 0.3 is 0 Å². The predicted octanol–water partition coefficient (Wildman–Crippen LogP) is 4.93. The van der Waals surface area contributed by atoms with Gasteiger partial charge < -0.3 is 9.30 Å². The van der Waals surface area contributed by atoms with E-state index in [0.29, 0.717) is 11.7 Å². The van der Waals surface area contributed by atoms with Crippen molar-refractivity contribution in [2.45, 2.75) is 32.2 Å². The highest BCUT2D eigenvalue weighted by Crippen LogP contribution is 2.33. The lowest BCUT2D eigenvalue weighted by Crippen LogP contribution is -2.17. The summed E-state index contributed by atoms with van der Waals surface area (Å²) in [5.41, 5.74) is 3.71. The third kappa shape index (κ3) is 4.03. The zero-order chi connectivity index (χ0) is 22.1. The van der Waals surface area contributed by atoms with Gasteiger partial charge in [0.15, 0.2) is 5.82 Å². The summed E-state index contributed by atoms with van der Waals surface area (Å²) in [6.45, 7) is 2.82. The lowest BCUT2D eigenvalue weighted by atomic mass is 9.91. The van der Waals surface area contributed by atoms with E-state index in [9.17, 15) is 0 Å². The monoisotopic (exact) mass is 446 g/mol. The van der Waals surface area contributed by atoms with Crippen molar-refractivity contribution in [2.75, 3.05) is 7.11 Å². The Kier molecular flexibility index (Phi) is 5.49. The van der Waals surface area contributed by atoms with Gasteiger partial charge in [0.2, 0.25) is 5.88 Å². The van der Waals surface area contributed by atoms with Gasteiger partial charge in [0.25, 0.3) is 0 Å². The highest BCUT2D eigenvalue weighted by molar-refractivity contribution is 6.30. The summed E-state index contributed by atoms with van der Waals surface area (Å²) in [6.07, 6.45) is 9.58. The van der Waals surface area contributed by atoms with Crippen LogP contribution in [0, 0.1) is 6.92 Å². The minimum atomic E-state index is 0.202. The first-order valence-corrected chi connectivity index (χ1v) is 10.9. The molecule has 4 heterocycles. The molecule has 0 aliphatic carbocycles. The maximum absolute atomic E-state index is 6.21. The SMILES string of the molecule is COc1nc(C=Cc2nc3n(n2)CCCC3c2cccc(Cl)c2)ccc1-n1cnc(C)c1. The standard InChI is InChI=1S/C24H23ClN6O/c1-16-14-30(15-26-16)21-10-8-19(27-24(21)32-2)9-11-22-28-23-20(7-4-12-31(23)29-22)17-5-3-6-18(25)13-17/h3,5-6,8-11,13-15,20H,4,7,12H2,1-2H3. The maximum Gasteiger partial charge on any atom is 0.238 e. The molecule has 0 saturated heterocycles. The molecule has 0 fully saturated rings. The van der Waals surface area contributed by atoms with Gasteiger partial charge in [0.1, 0.15) is 11.5 Å². The second-order valence-corrected chi connectivity index (χ2v) is 8.26. The number of rotatable bonds is 5. The number of pyridine rings is 1. The highest BCUT2D eigenvalue weighted by Gasteiger charge is 2.25. The molecule has 0 spiro atoms. The molecule has 7 nitrogen and oxygen atoms in total. The number of halogens is 1. The Hall–Kier alpha value is -3.45. The average molecular weight is 447 g/mol. The summed E-state index contributed by atoms with van der Waals surface area (Å²) in [6, 6.07) is 11.9. The van der Waals surface area contributed by atoms with E-state index < -0.39 is 0 Å². The first kappa shape index (κ1) is 20.5. The number of nitrogens with zero attached hydrogens (tertiary/aromatic N) is 6. The van der Waals surface area contributed by atoms with Crippen molar-refractivity contribution >= 4 is 23.8 Å². The molecular formula is C24H23ClN6O. The topological polar surface area (TPSA) is 70.7 Å². The van der Waals surface area contributed by atoms with Crippen molar-refractivity contribution < 1.29 is 4.74 Å². The average Bonchev–Trinajstić information content (AvgIpc) is 3.43. The molecule has 1 unspecified atom stereocenters. The smallest absolute Gasteiger partial charge is 0.238 e. The van der Waals surface area contributed by atoms with Gasteiger partial charge in [-0.3, -0.25) is 0 Å². The fourth-order valence-corrected chi connectivity index (χ4v) is 4.28. The van der Waals surface area contributed by atoms with Crippen molar-refractivity contribution in [3.8, 4) is 11.6 Å². The minimum absolute atomic E-state index is 0.202. The zero-order valence-corrected chi connectivity index (χ0v) is 18.7. The summed E-state index contributed by atoms with van der Waals surface area (Å²) in [4.78, 5) is 13.7. The number of hydrogen-bond donors (Lipinski definition) is 0. The Bertz CT molecular complexity index is 1290. The van der Waals surface area contributed by atoms with E-state index in [1.54, 1.807) is 13.4 Å². The first-order chi connectivity index (χ1) is 15.6. The van der Waals surface area contributed by atoms with Crippen molar-refractivity contribution in [3.05, 3.63) is 82.5 Å². The Morgan fingerprint density at radius 3 is 2.84 bits per heavy atom. The lowest BCUT2D eigenvalue weighted by molar-refractivity contribution is 0.395. The van der Waals surface area contributed by atoms with Crippen LogP contribution in [0.2, 0.25) is 5.02 Å². The van der Waals surface area contributed by atoms with E-state index in [1.807, 2.05) is 64.9 Å². The third-order valence-electron chi connectivity index (χ3n) is 5.59. The zero-order valence-electron chi connectivity index (χ0n) is 17.9. The Labute approximate surface area is 191 Å². The van der Waals surface area contributed by atoms with E-state index in [0.717, 1.165) is 47.3 Å². The Morgan fingerprint density at radius 1 is 1.16 bits per heavy atom. The van der Waals surface area contributed by atoms with E-state index >= 15 is 0 Å². The summed E-state index contributed by atoms with van der Waals surface area (Å²) in [7, 11) is 1.62. The van der Waals surface area contributed by atoms with Gasteiger partial charge in [0, 0.05) is 23.7 Å². The first-order valence-electron chi connectivity index (χ1n) is 10.5. The number of aryl methyl sites for hydroxylation is 2. The molecule has 162 valence electrons. The molecule has 5 rings (SSSR count). The molecule has 4 aromatic rings. The highest BCUT2D eigenvalue weighted by atomic mass is 35.5. The van der Waals surface area contributed by atoms with Crippen LogP contribution in [0.3, 0.4) is 0 Å². The van der Waals surface area contributed by atoms with Crippen molar-refractivity contribution in [2.24, 2.45) is 0 Å². The van der Waals surface area contributed by atoms with Crippen molar-refractivity contribution in [1.82, 2.24) is 29.3 Å². The summed E-state index contributed by atoms with van der Waals surface area (Å²) in [5.74, 6) is 2.38. The van der Waals surface area contributed by atoms with Crippen LogP contribution in [0.15, 0.2) is 48.9 Å². The Morgan fingerprint density at radius 2 is 2.06 bits per heavy atom. The molecule has 1 atom stereocenters.